The molecule has 0 aromatic heterocycles. The van der Waals surface area contributed by atoms with Gasteiger partial charge in [-0.25, -0.2) is 0 Å². The van der Waals surface area contributed by atoms with Gasteiger partial charge in [0.1, 0.15) is 0 Å². The number of nitrogens with one attached hydrogen (secondary N) is 1. The molecule has 0 atom stereocenters. The van der Waals surface area contributed by atoms with Crippen LogP contribution in [-0.2, 0) is 27.4 Å². The molecule has 0 radical (unpaired) electrons. The Morgan fingerprint density at radius 1 is 0.659 bits per heavy atom. The monoisotopic (exact) mass is 772 g/mol. The van der Waals surface area contributed by atoms with Gasteiger partial charge in [-0.1, -0.05) is 0 Å². The van der Waals surface area contributed by atoms with Gasteiger partial charge in [0.25, 0.3) is 5.08 Å². The molecule has 0 bridgehead atoms. The highest BCUT2D eigenvalue weighted by Gasteiger charge is 2.64. The minimum Gasteiger partial charge on any atom is -0.381 e. The van der Waals surface area contributed by atoms with E-state index in [0.717, 1.165) is 0 Å². The van der Waals surface area contributed by atoms with Crippen molar-refractivity contribution in [1.82, 2.24) is 5.32 Å². The van der Waals surface area contributed by atoms with Crippen molar-refractivity contribution in [1.29, 1.82) is 0 Å². The molecule has 1 aliphatic carbocycles. The summed E-state index contributed by atoms with van der Waals surface area (Å²) in [5.74, 6) is -0.957. The number of rotatable bonds is 12. The summed E-state index contributed by atoms with van der Waals surface area (Å²) >= 11 is 0. The molecular formula is C14H42N4O20P6. The standard InChI is InChI=1S/C8H19NO7P2.C3H12N2O6P2.C3H11NO7P2/c9-5-6-1-3-7(4-2-6)8(10,17(11,12)13)18(14,15)16;4-2-1-3(5,12(6,7)8)13(9,10)11;1-3(4-2-5,12(6,7)8)13(9,10)11/h6-7,10H,1-5,9H2,(H2,11,12,13)(H2,14,15,16);1-2,4-5H2,(H2,6,7,8)(H2,9,10,11);4-5H,2H2,1H3,(H2,6,7,8)(H2,9,10,11). The zero-order valence-corrected chi connectivity index (χ0v) is 28.3. The van der Waals surface area contributed by atoms with E-state index in [4.69, 9.17) is 81.0 Å². The van der Waals surface area contributed by atoms with Gasteiger partial charge in [-0.2, -0.15) is 0 Å². The first-order valence-corrected chi connectivity index (χ1v) is 21.4. The van der Waals surface area contributed by atoms with Crippen LogP contribution in [0.4, 0.5) is 0 Å². The predicted octanol–water partition coefficient (Wildman–Crippen LogP) is -3.39. The number of aliphatic hydroxyl groups is 2. The lowest BCUT2D eigenvalue weighted by atomic mass is 9.82. The Morgan fingerprint density at radius 3 is 1.16 bits per heavy atom. The van der Waals surface area contributed by atoms with Crippen molar-refractivity contribution < 1.29 is 96.3 Å². The number of hydrogen-bond acceptors (Lipinski definition) is 12. The summed E-state index contributed by atoms with van der Waals surface area (Å²) in [5.41, 5.74) is 15.4. The van der Waals surface area contributed by atoms with Crippen LogP contribution in [0.2, 0.25) is 0 Å². The van der Waals surface area contributed by atoms with E-state index in [9.17, 15) is 32.5 Å². The van der Waals surface area contributed by atoms with Crippen LogP contribution in [0, 0.1) is 11.8 Å². The van der Waals surface area contributed by atoms with Crippen LogP contribution >= 0.6 is 45.6 Å². The van der Waals surface area contributed by atoms with Crippen molar-refractivity contribution in [3.63, 3.8) is 0 Å². The van der Waals surface area contributed by atoms with Crippen LogP contribution in [0.5, 0.6) is 0 Å². The fourth-order valence-electron chi connectivity index (χ4n) is 3.63. The second kappa shape index (κ2) is 16.4. The summed E-state index contributed by atoms with van der Waals surface area (Å²) in [6.07, 6.45) is 0.595. The second-order valence-corrected chi connectivity index (χ2v) is 22.0. The maximum Gasteiger partial charge on any atom is 0.369 e. The van der Waals surface area contributed by atoms with Gasteiger partial charge in [-0.15, -0.1) is 0 Å². The lowest BCUT2D eigenvalue weighted by molar-refractivity contribution is 0.0531. The molecule has 1 rings (SSSR count). The average Bonchev–Trinajstić information content (AvgIpc) is 2.80. The summed E-state index contributed by atoms with van der Waals surface area (Å²) in [5, 5.41) is 11.0. The van der Waals surface area contributed by atoms with E-state index in [2.05, 4.69) is 0 Å². The van der Waals surface area contributed by atoms with Gasteiger partial charge in [-0.3, -0.25) is 32.7 Å². The quantitative estimate of drug-likeness (QED) is 0.0679. The molecule has 24 nitrogen and oxygen atoms in total. The lowest BCUT2D eigenvalue weighted by Crippen LogP contribution is -2.42. The first-order valence-electron chi connectivity index (χ1n) is 11.8. The van der Waals surface area contributed by atoms with Crippen LogP contribution in [0.25, 0.3) is 0 Å². The molecule has 44 heavy (non-hydrogen) atoms. The molecule has 0 amide bonds. The fourth-order valence-corrected chi connectivity index (χ4v) is 10.6. The molecule has 0 aromatic rings. The highest BCUT2D eigenvalue weighted by molar-refractivity contribution is 7.73. The number of hydrogen-bond donors (Lipinski definition) is 18. The molecule has 30 heteroatoms. The smallest absolute Gasteiger partial charge is 0.369 e. The molecule has 0 unspecified atom stereocenters. The van der Waals surface area contributed by atoms with E-state index in [1.54, 1.807) is 5.32 Å². The van der Waals surface area contributed by atoms with Crippen molar-refractivity contribution in [2.24, 2.45) is 29.0 Å². The van der Waals surface area contributed by atoms with E-state index in [1.165, 1.54) is 0 Å². The molecule has 0 aromatic carbocycles. The topological polar surface area (TPSA) is 476 Å². The Bertz CT molecular complexity index is 1090. The molecule has 0 saturated heterocycles. The minimum absolute atomic E-state index is 0.134. The SMILES string of the molecule is CC(NCO)(P(=O)(O)O)P(=O)(O)O.NCC1CCC(C(O)(P(=O)(O)O)P(=O)(O)O)CC1.NCCC(N)(P(=O)(O)O)P(=O)(O)O. The van der Waals surface area contributed by atoms with Crippen LogP contribution in [0.15, 0.2) is 0 Å². The van der Waals surface area contributed by atoms with Crippen molar-refractivity contribution in [2.45, 2.75) is 54.2 Å². The van der Waals surface area contributed by atoms with Crippen LogP contribution in [0.1, 0.15) is 39.0 Å². The Labute approximate surface area is 250 Å². The molecule has 1 aliphatic rings. The Hall–Kier alpha value is 0.660. The Morgan fingerprint density at radius 2 is 1.00 bits per heavy atom. The zero-order chi connectivity index (χ0) is 36.0. The van der Waals surface area contributed by atoms with Gasteiger partial charge in [0, 0.05) is 12.3 Å². The zero-order valence-electron chi connectivity index (χ0n) is 22.9. The Kier molecular flexibility index (Phi) is 17.4. The van der Waals surface area contributed by atoms with Gasteiger partial charge in [0.15, 0.2) is 0 Å². The molecule has 1 fully saturated rings. The fraction of sp³-hybridized carbons (Fsp3) is 1.00. The minimum atomic E-state index is -5.34. The van der Waals surface area contributed by atoms with Gasteiger partial charge in [-0.05, 0) is 51.6 Å². The Balaban J connectivity index is 0. The number of nitrogens with two attached hydrogens (primary N) is 3. The third kappa shape index (κ3) is 11.4. The third-order valence-electron chi connectivity index (χ3n) is 6.65. The summed E-state index contributed by atoms with van der Waals surface area (Å²) in [6.45, 7) is -0.221. The third-order valence-corrected chi connectivity index (χ3v) is 18.8. The molecule has 0 spiro atoms. The average molecular weight is 772 g/mol. The summed E-state index contributed by atoms with van der Waals surface area (Å²) in [4.78, 5) is 106. The van der Waals surface area contributed by atoms with Crippen molar-refractivity contribution in [3.05, 3.63) is 0 Å². The molecule has 1 saturated carbocycles. The molecule has 0 aliphatic heterocycles. The van der Waals surface area contributed by atoms with E-state index < -0.39 is 79.8 Å². The summed E-state index contributed by atoms with van der Waals surface area (Å²) in [6, 6.07) is 0. The molecular weight excluding hydrogens is 730 g/mol. The number of aliphatic hydroxyl groups excluding tert-OH is 1. The highest BCUT2D eigenvalue weighted by atomic mass is 31.3. The van der Waals surface area contributed by atoms with Gasteiger partial charge in [0.05, 0.1) is 6.73 Å². The van der Waals surface area contributed by atoms with Gasteiger partial charge >= 0.3 is 45.6 Å². The van der Waals surface area contributed by atoms with Gasteiger partial charge in [0.2, 0.25) is 10.0 Å². The largest absolute Gasteiger partial charge is 0.381 e. The maximum absolute atomic E-state index is 11.3. The summed E-state index contributed by atoms with van der Waals surface area (Å²) in [7, 11) is -31.0. The van der Waals surface area contributed by atoms with Crippen molar-refractivity contribution in [2.75, 3.05) is 19.8 Å². The summed E-state index contributed by atoms with van der Waals surface area (Å²) < 4.78 is 65.4. The first-order chi connectivity index (χ1) is 19.2. The molecule has 21 N–H and O–H groups in total. The van der Waals surface area contributed by atoms with Crippen molar-refractivity contribution >= 4 is 45.6 Å². The molecule has 0 heterocycles. The van der Waals surface area contributed by atoms with Crippen LogP contribution < -0.4 is 22.5 Å². The van der Waals surface area contributed by atoms with Crippen LogP contribution in [0.3, 0.4) is 0 Å². The van der Waals surface area contributed by atoms with Crippen molar-refractivity contribution in [3.8, 4) is 0 Å². The predicted molar refractivity (Wildman–Crippen MR) is 151 cm³/mol. The van der Waals surface area contributed by atoms with Gasteiger partial charge < -0.3 is 86.1 Å². The lowest BCUT2D eigenvalue weighted by Gasteiger charge is -2.39. The van der Waals surface area contributed by atoms with E-state index in [-0.39, 0.29) is 25.3 Å². The van der Waals surface area contributed by atoms with Crippen LogP contribution in [-0.4, -0.2) is 104 Å². The second-order valence-electron chi connectivity index (χ2n) is 9.68. The van der Waals surface area contributed by atoms with E-state index in [0.29, 0.717) is 26.3 Å². The molecule has 268 valence electrons. The van der Waals surface area contributed by atoms with E-state index >= 15 is 0 Å². The first kappa shape index (κ1) is 46.8. The normalized spacial score (nSPS) is 19.8. The maximum atomic E-state index is 11.3. The highest BCUT2D eigenvalue weighted by Crippen LogP contribution is 2.72. The van der Waals surface area contributed by atoms with E-state index in [1.807, 2.05) is 0 Å².